The molecule has 1 heterocycles. The Morgan fingerprint density at radius 2 is 2.38 bits per heavy atom. The molecule has 1 aromatic rings. The van der Waals surface area contributed by atoms with Crippen LogP contribution in [0.5, 0.6) is 0 Å². The molecule has 0 aliphatic carbocycles. The van der Waals surface area contributed by atoms with Gasteiger partial charge in [-0.3, -0.25) is 0 Å². The second-order valence-electron chi connectivity index (χ2n) is 3.10. The number of epoxide rings is 1. The number of hydrogen-bond donors (Lipinski definition) is 0. The van der Waals surface area contributed by atoms with E-state index in [0.29, 0.717) is 19.3 Å². The van der Waals surface area contributed by atoms with Crippen molar-refractivity contribution < 1.29 is 9.47 Å². The number of hydrogen-bond acceptors (Lipinski definition) is 2. The van der Waals surface area contributed by atoms with Gasteiger partial charge in [0.2, 0.25) is 0 Å². The van der Waals surface area contributed by atoms with Crippen molar-refractivity contribution >= 4 is 15.9 Å². The lowest BCUT2D eigenvalue weighted by molar-refractivity contribution is 0.104. The van der Waals surface area contributed by atoms with Crippen LogP contribution >= 0.6 is 15.9 Å². The molecule has 0 saturated carbocycles. The van der Waals surface area contributed by atoms with Gasteiger partial charge in [0, 0.05) is 4.47 Å². The minimum atomic E-state index is 0.354. The van der Waals surface area contributed by atoms with E-state index in [1.54, 1.807) is 0 Å². The third-order valence-corrected chi connectivity index (χ3v) is 2.36. The Labute approximate surface area is 86.0 Å². The Bertz CT molecular complexity index is 284. The van der Waals surface area contributed by atoms with E-state index in [-0.39, 0.29) is 0 Å². The topological polar surface area (TPSA) is 21.8 Å². The lowest BCUT2D eigenvalue weighted by Gasteiger charge is -2.02. The molecule has 3 heteroatoms. The Balaban J connectivity index is 1.79. The van der Waals surface area contributed by atoms with Crippen molar-refractivity contribution in [3.05, 3.63) is 34.3 Å². The molecular formula is C10H11BrO2. The van der Waals surface area contributed by atoms with Crippen LogP contribution in [-0.4, -0.2) is 19.3 Å². The molecule has 1 saturated heterocycles. The highest BCUT2D eigenvalue weighted by Crippen LogP contribution is 2.14. The van der Waals surface area contributed by atoms with Gasteiger partial charge in [0.15, 0.2) is 0 Å². The zero-order valence-corrected chi connectivity index (χ0v) is 8.79. The van der Waals surface area contributed by atoms with Crippen molar-refractivity contribution in [2.24, 2.45) is 0 Å². The molecule has 0 unspecified atom stereocenters. The molecule has 0 amide bonds. The molecule has 1 aliphatic rings. The van der Waals surface area contributed by atoms with Gasteiger partial charge in [0.25, 0.3) is 0 Å². The molecule has 13 heavy (non-hydrogen) atoms. The fraction of sp³-hybridized carbons (Fsp3) is 0.400. The molecule has 2 rings (SSSR count). The fourth-order valence-electron chi connectivity index (χ4n) is 1.10. The van der Waals surface area contributed by atoms with Crippen molar-refractivity contribution in [1.82, 2.24) is 0 Å². The predicted octanol–water partition coefficient (Wildman–Crippen LogP) is 2.36. The van der Waals surface area contributed by atoms with E-state index in [2.05, 4.69) is 28.1 Å². The van der Waals surface area contributed by atoms with Crippen molar-refractivity contribution in [3.63, 3.8) is 0 Å². The predicted molar refractivity (Wildman–Crippen MR) is 53.5 cm³/mol. The number of ether oxygens (including phenoxy) is 2. The average molecular weight is 243 g/mol. The van der Waals surface area contributed by atoms with E-state index >= 15 is 0 Å². The molecule has 1 aromatic carbocycles. The molecule has 0 N–H and O–H groups in total. The van der Waals surface area contributed by atoms with Crippen LogP contribution in [0.4, 0.5) is 0 Å². The Hall–Kier alpha value is -0.380. The first-order valence-corrected chi connectivity index (χ1v) is 5.08. The van der Waals surface area contributed by atoms with Crippen LogP contribution in [0, 0.1) is 0 Å². The van der Waals surface area contributed by atoms with E-state index in [4.69, 9.17) is 9.47 Å². The van der Waals surface area contributed by atoms with Gasteiger partial charge in [-0.25, -0.2) is 0 Å². The first-order chi connectivity index (χ1) is 6.34. The molecule has 1 aliphatic heterocycles. The molecule has 1 atom stereocenters. The van der Waals surface area contributed by atoms with Crippen LogP contribution in [0.3, 0.4) is 0 Å². The van der Waals surface area contributed by atoms with Crippen molar-refractivity contribution in [2.75, 3.05) is 13.2 Å². The van der Waals surface area contributed by atoms with Gasteiger partial charge in [0.1, 0.15) is 6.10 Å². The van der Waals surface area contributed by atoms with Gasteiger partial charge in [-0.15, -0.1) is 0 Å². The van der Waals surface area contributed by atoms with Crippen LogP contribution in [0.1, 0.15) is 5.56 Å². The highest BCUT2D eigenvalue weighted by Gasteiger charge is 2.22. The van der Waals surface area contributed by atoms with Crippen LogP contribution < -0.4 is 0 Å². The first-order valence-electron chi connectivity index (χ1n) is 4.28. The van der Waals surface area contributed by atoms with E-state index in [1.165, 1.54) is 5.56 Å². The molecule has 1 fully saturated rings. The molecular weight excluding hydrogens is 232 g/mol. The van der Waals surface area contributed by atoms with Gasteiger partial charge in [-0.1, -0.05) is 28.1 Å². The van der Waals surface area contributed by atoms with E-state index in [9.17, 15) is 0 Å². The van der Waals surface area contributed by atoms with Crippen molar-refractivity contribution in [1.29, 1.82) is 0 Å². The van der Waals surface area contributed by atoms with Gasteiger partial charge in [-0.2, -0.15) is 0 Å². The highest BCUT2D eigenvalue weighted by molar-refractivity contribution is 9.10. The third-order valence-electron chi connectivity index (χ3n) is 1.86. The molecule has 2 nitrogen and oxygen atoms in total. The minimum absolute atomic E-state index is 0.354. The fourth-order valence-corrected chi connectivity index (χ4v) is 1.55. The van der Waals surface area contributed by atoms with Crippen LogP contribution in [-0.2, 0) is 16.1 Å². The summed E-state index contributed by atoms with van der Waals surface area (Å²) >= 11 is 3.42. The summed E-state index contributed by atoms with van der Waals surface area (Å²) in [4.78, 5) is 0. The summed E-state index contributed by atoms with van der Waals surface area (Å²) in [5, 5.41) is 0. The zero-order chi connectivity index (χ0) is 9.10. The third kappa shape index (κ3) is 3.10. The lowest BCUT2D eigenvalue weighted by Crippen LogP contribution is -2.01. The number of benzene rings is 1. The smallest absolute Gasteiger partial charge is 0.104 e. The van der Waals surface area contributed by atoms with Crippen molar-refractivity contribution in [3.8, 4) is 0 Å². The summed E-state index contributed by atoms with van der Waals surface area (Å²) in [7, 11) is 0. The Morgan fingerprint density at radius 1 is 1.54 bits per heavy atom. The molecule has 0 spiro atoms. The van der Waals surface area contributed by atoms with Gasteiger partial charge in [0.05, 0.1) is 19.8 Å². The second-order valence-corrected chi connectivity index (χ2v) is 4.02. The van der Waals surface area contributed by atoms with Gasteiger partial charge < -0.3 is 9.47 Å². The van der Waals surface area contributed by atoms with Crippen LogP contribution in [0.2, 0.25) is 0 Å². The largest absolute Gasteiger partial charge is 0.374 e. The maximum atomic E-state index is 5.45. The van der Waals surface area contributed by atoms with E-state index in [0.717, 1.165) is 11.1 Å². The zero-order valence-electron chi connectivity index (χ0n) is 7.20. The van der Waals surface area contributed by atoms with Crippen LogP contribution in [0.25, 0.3) is 0 Å². The van der Waals surface area contributed by atoms with Crippen molar-refractivity contribution in [2.45, 2.75) is 12.7 Å². The van der Waals surface area contributed by atoms with E-state index < -0.39 is 0 Å². The Morgan fingerprint density at radius 3 is 3.08 bits per heavy atom. The summed E-state index contributed by atoms with van der Waals surface area (Å²) < 4.78 is 11.6. The molecule has 0 radical (unpaired) electrons. The summed E-state index contributed by atoms with van der Waals surface area (Å²) in [5.41, 5.74) is 1.19. The standard InChI is InChI=1S/C10H11BrO2/c11-9-3-1-2-8(4-9)5-12-6-10-7-13-10/h1-4,10H,5-7H2/t10-/m0/s1. The van der Waals surface area contributed by atoms with Crippen LogP contribution in [0.15, 0.2) is 28.7 Å². The lowest BCUT2D eigenvalue weighted by atomic mass is 10.2. The summed E-state index contributed by atoms with van der Waals surface area (Å²) in [5.74, 6) is 0. The van der Waals surface area contributed by atoms with Gasteiger partial charge in [-0.05, 0) is 17.7 Å². The van der Waals surface area contributed by atoms with E-state index in [1.807, 2.05) is 12.1 Å². The number of halogens is 1. The molecule has 70 valence electrons. The highest BCUT2D eigenvalue weighted by atomic mass is 79.9. The summed E-state index contributed by atoms with van der Waals surface area (Å²) in [6.45, 7) is 2.24. The average Bonchev–Trinajstić information content (AvgIpc) is 2.88. The molecule has 0 aromatic heterocycles. The first kappa shape index (κ1) is 9.19. The quantitative estimate of drug-likeness (QED) is 0.757. The maximum absolute atomic E-state index is 5.45. The number of rotatable bonds is 4. The normalized spacial score (nSPS) is 20.2. The SMILES string of the molecule is Brc1cccc(COC[C@H]2CO2)c1. The summed E-state index contributed by atoms with van der Waals surface area (Å²) in [6, 6.07) is 8.14. The minimum Gasteiger partial charge on any atom is -0.374 e. The molecule has 0 bridgehead atoms. The monoisotopic (exact) mass is 242 g/mol. The Kier molecular flexibility index (Phi) is 2.98. The maximum Gasteiger partial charge on any atom is 0.104 e. The summed E-state index contributed by atoms with van der Waals surface area (Å²) in [6.07, 6.45) is 0.354. The second kappa shape index (κ2) is 4.22. The van der Waals surface area contributed by atoms with Gasteiger partial charge >= 0.3 is 0 Å².